The van der Waals surface area contributed by atoms with Gasteiger partial charge in [-0.25, -0.2) is 4.39 Å². The van der Waals surface area contributed by atoms with Crippen LogP contribution in [-0.2, 0) is 0 Å². The van der Waals surface area contributed by atoms with E-state index in [0.29, 0.717) is 4.48 Å². The van der Waals surface area contributed by atoms with E-state index in [4.69, 9.17) is 0 Å². The molecule has 0 spiro atoms. The average molecular weight is 280 g/mol. The van der Waals surface area contributed by atoms with Crippen LogP contribution >= 0.6 is 31.9 Å². The fourth-order valence-corrected chi connectivity index (χ4v) is 1.79. The highest BCUT2D eigenvalue weighted by Gasteiger charge is 2.01. The molecule has 0 saturated carbocycles. The number of hydrogen-bond acceptors (Lipinski definition) is 0. The van der Waals surface area contributed by atoms with Gasteiger partial charge in [0.1, 0.15) is 5.82 Å². The van der Waals surface area contributed by atoms with Gasteiger partial charge in [0.2, 0.25) is 0 Å². The van der Waals surface area contributed by atoms with Crippen LogP contribution in [0.25, 0.3) is 4.48 Å². The molecule has 0 amide bonds. The Hall–Kier alpha value is -0.150. The molecule has 0 radical (unpaired) electrons. The monoisotopic (exact) mass is 278 g/mol. The van der Waals surface area contributed by atoms with Crippen molar-refractivity contribution < 1.29 is 4.39 Å². The Labute approximate surface area is 81.4 Å². The zero-order valence-electron chi connectivity index (χ0n) is 5.57. The number of rotatable bonds is 1. The molecule has 0 N–H and O–H groups in total. The Morgan fingerprint density at radius 1 is 1.45 bits per heavy atom. The van der Waals surface area contributed by atoms with Gasteiger partial charge in [0.05, 0.1) is 0 Å². The van der Waals surface area contributed by atoms with E-state index in [1.54, 1.807) is 6.07 Å². The van der Waals surface area contributed by atoms with Crippen LogP contribution < -0.4 is 0 Å². The van der Waals surface area contributed by atoms with E-state index in [-0.39, 0.29) is 5.82 Å². The molecule has 0 atom stereocenters. The molecule has 0 fully saturated rings. The Morgan fingerprint density at radius 2 is 2.09 bits per heavy atom. The van der Waals surface area contributed by atoms with E-state index in [9.17, 15) is 4.39 Å². The minimum Gasteiger partial charge on any atom is -0.207 e. The molecular formula is C8H5Br2F. The Morgan fingerprint density at radius 3 is 2.55 bits per heavy atom. The van der Waals surface area contributed by atoms with Gasteiger partial charge in [0, 0.05) is 14.5 Å². The van der Waals surface area contributed by atoms with Crippen molar-refractivity contribution in [2.45, 2.75) is 0 Å². The third-order valence-electron chi connectivity index (χ3n) is 1.22. The van der Waals surface area contributed by atoms with E-state index in [1.807, 2.05) is 0 Å². The molecule has 11 heavy (non-hydrogen) atoms. The van der Waals surface area contributed by atoms with Gasteiger partial charge in [-0.2, -0.15) is 0 Å². The second-order valence-electron chi connectivity index (χ2n) is 2.03. The molecule has 0 aliphatic carbocycles. The number of halogens is 3. The van der Waals surface area contributed by atoms with Crippen LogP contribution in [0.4, 0.5) is 4.39 Å². The highest BCUT2D eigenvalue weighted by molar-refractivity contribution is 9.15. The lowest BCUT2D eigenvalue weighted by atomic mass is 10.2. The van der Waals surface area contributed by atoms with Crippen LogP contribution in [0.3, 0.4) is 0 Å². The summed E-state index contributed by atoms with van der Waals surface area (Å²) in [7, 11) is 0. The van der Waals surface area contributed by atoms with Gasteiger partial charge in [-0.05, 0) is 18.2 Å². The normalized spacial score (nSPS) is 9.73. The summed E-state index contributed by atoms with van der Waals surface area (Å²) in [6.07, 6.45) is 0. The first-order valence-electron chi connectivity index (χ1n) is 2.91. The average Bonchev–Trinajstić information content (AvgIpc) is 1.94. The summed E-state index contributed by atoms with van der Waals surface area (Å²) >= 11 is 6.45. The van der Waals surface area contributed by atoms with Crippen LogP contribution in [0.1, 0.15) is 5.56 Å². The number of benzene rings is 1. The highest BCUT2D eigenvalue weighted by Crippen LogP contribution is 2.27. The Balaban J connectivity index is 3.23. The SMILES string of the molecule is C=C(Br)c1cc(F)ccc1Br. The van der Waals surface area contributed by atoms with Crippen molar-refractivity contribution in [3.8, 4) is 0 Å². The Kier molecular flexibility index (Phi) is 2.84. The second-order valence-corrected chi connectivity index (χ2v) is 3.84. The summed E-state index contributed by atoms with van der Waals surface area (Å²) in [6, 6.07) is 4.46. The topological polar surface area (TPSA) is 0 Å². The largest absolute Gasteiger partial charge is 0.207 e. The number of hydrogen-bond donors (Lipinski definition) is 0. The van der Waals surface area contributed by atoms with Crippen LogP contribution in [0.5, 0.6) is 0 Å². The van der Waals surface area contributed by atoms with Crippen molar-refractivity contribution in [3.05, 3.63) is 40.6 Å². The summed E-state index contributed by atoms with van der Waals surface area (Å²) in [5, 5.41) is 0. The molecule has 0 aliphatic rings. The molecule has 3 heteroatoms. The fraction of sp³-hybridized carbons (Fsp3) is 0. The van der Waals surface area contributed by atoms with Crippen LogP contribution in [-0.4, -0.2) is 0 Å². The van der Waals surface area contributed by atoms with Gasteiger partial charge in [-0.3, -0.25) is 0 Å². The van der Waals surface area contributed by atoms with Crippen molar-refractivity contribution in [1.82, 2.24) is 0 Å². The van der Waals surface area contributed by atoms with E-state index in [0.717, 1.165) is 10.0 Å². The van der Waals surface area contributed by atoms with Crippen LogP contribution in [0, 0.1) is 5.82 Å². The quantitative estimate of drug-likeness (QED) is 0.730. The molecule has 0 heterocycles. The molecule has 58 valence electrons. The third kappa shape index (κ3) is 2.14. The lowest BCUT2D eigenvalue weighted by Crippen LogP contribution is -1.80. The van der Waals surface area contributed by atoms with Gasteiger partial charge in [0.15, 0.2) is 0 Å². The smallest absolute Gasteiger partial charge is 0.123 e. The molecule has 1 aromatic carbocycles. The van der Waals surface area contributed by atoms with Crippen molar-refractivity contribution in [1.29, 1.82) is 0 Å². The van der Waals surface area contributed by atoms with Gasteiger partial charge in [-0.15, -0.1) is 0 Å². The van der Waals surface area contributed by atoms with Gasteiger partial charge >= 0.3 is 0 Å². The van der Waals surface area contributed by atoms with Crippen molar-refractivity contribution in [2.24, 2.45) is 0 Å². The maximum atomic E-state index is 12.6. The molecule has 0 unspecified atom stereocenters. The summed E-state index contributed by atoms with van der Waals surface area (Å²) < 4.78 is 14.1. The van der Waals surface area contributed by atoms with Crippen molar-refractivity contribution >= 4 is 36.3 Å². The predicted molar refractivity (Wildman–Crippen MR) is 52.1 cm³/mol. The molecule has 0 aliphatic heterocycles. The van der Waals surface area contributed by atoms with Gasteiger partial charge in [0.25, 0.3) is 0 Å². The molecule has 1 aromatic rings. The first kappa shape index (κ1) is 8.94. The second kappa shape index (κ2) is 3.50. The van der Waals surface area contributed by atoms with E-state index in [1.165, 1.54) is 12.1 Å². The van der Waals surface area contributed by atoms with Crippen LogP contribution in [0.2, 0.25) is 0 Å². The summed E-state index contributed by atoms with van der Waals surface area (Å²) in [6.45, 7) is 3.65. The summed E-state index contributed by atoms with van der Waals surface area (Å²) in [5.41, 5.74) is 0.741. The van der Waals surface area contributed by atoms with E-state index < -0.39 is 0 Å². The predicted octanol–water partition coefficient (Wildman–Crippen LogP) is 3.95. The standard InChI is InChI=1S/C8H5Br2F/c1-5(9)7-4-6(11)2-3-8(7)10/h2-4H,1H2. The maximum absolute atomic E-state index is 12.6. The molecule has 0 bridgehead atoms. The fourth-order valence-electron chi connectivity index (χ4n) is 0.705. The first-order valence-corrected chi connectivity index (χ1v) is 4.49. The highest BCUT2D eigenvalue weighted by atomic mass is 79.9. The summed E-state index contributed by atoms with van der Waals surface area (Å²) in [5.74, 6) is -0.260. The molecule has 0 nitrogen and oxygen atoms in total. The summed E-state index contributed by atoms with van der Waals surface area (Å²) in [4.78, 5) is 0. The first-order chi connectivity index (χ1) is 5.11. The van der Waals surface area contributed by atoms with Gasteiger partial charge < -0.3 is 0 Å². The molecule has 0 saturated heterocycles. The lowest BCUT2D eigenvalue weighted by molar-refractivity contribution is 0.627. The lowest BCUT2D eigenvalue weighted by Gasteiger charge is -2.00. The van der Waals surface area contributed by atoms with E-state index in [2.05, 4.69) is 38.4 Å². The van der Waals surface area contributed by atoms with Crippen molar-refractivity contribution in [2.75, 3.05) is 0 Å². The molecule has 1 rings (SSSR count). The zero-order chi connectivity index (χ0) is 8.43. The Bertz CT molecular complexity index is 294. The maximum Gasteiger partial charge on any atom is 0.123 e. The minimum atomic E-state index is -0.260. The molecular weight excluding hydrogens is 275 g/mol. The van der Waals surface area contributed by atoms with Crippen LogP contribution in [0.15, 0.2) is 29.3 Å². The van der Waals surface area contributed by atoms with Gasteiger partial charge in [-0.1, -0.05) is 38.4 Å². The van der Waals surface area contributed by atoms with Crippen molar-refractivity contribution in [3.63, 3.8) is 0 Å². The minimum absolute atomic E-state index is 0.260. The van der Waals surface area contributed by atoms with E-state index >= 15 is 0 Å². The zero-order valence-corrected chi connectivity index (χ0v) is 8.75. The molecule has 0 aromatic heterocycles. The third-order valence-corrected chi connectivity index (χ3v) is 2.34.